The van der Waals surface area contributed by atoms with Crippen LogP contribution in [0.2, 0.25) is 0 Å². The number of carbonyl (C=O) groups excluding carboxylic acids is 1. The molecule has 0 radical (unpaired) electrons. The molecule has 6 nitrogen and oxygen atoms in total. The van der Waals surface area contributed by atoms with Crippen molar-refractivity contribution in [3.63, 3.8) is 0 Å². The quantitative estimate of drug-likeness (QED) is 0.801. The Morgan fingerprint density at radius 3 is 2.61 bits per heavy atom. The van der Waals surface area contributed by atoms with Gasteiger partial charge < -0.3 is 10.4 Å². The molecule has 1 rings (SSSR count). The second-order valence-electron chi connectivity index (χ2n) is 3.86. The minimum absolute atomic E-state index is 0.0631. The zero-order chi connectivity index (χ0) is 13.5. The summed E-state index contributed by atoms with van der Waals surface area (Å²) in [6.45, 7) is 1.61. The molecule has 6 heteroatoms. The number of hydrogen-bond donors (Lipinski definition) is 2. The van der Waals surface area contributed by atoms with Gasteiger partial charge in [0.1, 0.15) is 6.04 Å². The van der Waals surface area contributed by atoms with E-state index in [-0.39, 0.29) is 6.42 Å². The van der Waals surface area contributed by atoms with E-state index >= 15 is 0 Å². The van der Waals surface area contributed by atoms with E-state index in [9.17, 15) is 9.59 Å². The van der Waals surface area contributed by atoms with Crippen LogP contribution >= 0.6 is 0 Å². The van der Waals surface area contributed by atoms with Gasteiger partial charge in [-0.15, -0.1) is 0 Å². The van der Waals surface area contributed by atoms with Crippen LogP contribution in [0.4, 0.5) is 0 Å². The molecule has 18 heavy (non-hydrogen) atoms. The first-order valence-electron chi connectivity index (χ1n) is 5.37. The van der Waals surface area contributed by atoms with Gasteiger partial charge in [-0.25, -0.2) is 4.79 Å². The molecule has 1 amide bonds. The van der Waals surface area contributed by atoms with Gasteiger partial charge in [0.05, 0.1) is 6.07 Å². The standard InChI is InChI=1S/C12H13N3O3/c1-8(2-5-13)10(12(17)18)15-11(16)9-3-6-14-7-4-9/h3-4,6-8,10H,2H2,1H3,(H,15,16)(H,17,18)/t8-,10+/m1/s1. The third-order valence-corrected chi connectivity index (χ3v) is 2.48. The van der Waals surface area contributed by atoms with Gasteiger partial charge in [0.25, 0.3) is 5.91 Å². The number of aromatic nitrogens is 1. The third kappa shape index (κ3) is 3.56. The summed E-state index contributed by atoms with van der Waals surface area (Å²) < 4.78 is 0. The molecule has 0 aliphatic heterocycles. The average molecular weight is 247 g/mol. The van der Waals surface area contributed by atoms with Gasteiger partial charge in [0, 0.05) is 30.3 Å². The van der Waals surface area contributed by atoms with Crippen LogP contribution in [0.3, 0.4) is 0 Å². The van der Waals surface area contributed by atoms with Crippen LogP contribution in [0.1, 0.15) is 23.7 Å². The lowest BCUT2D eigenvalue weighted by atomic mass is 9.98. The molecule has 1 heterocycles. The SMILES string of the molecule is C[C@H](CC#N)[C@H](NC(=O)c1ccncc1)C(=O)O. The van der Waals surface area contributed by atoms with Crippen LogP contribution in [-0.2, 0) is 4.79 Å². The van der Waals surface area contributed by atoms with Crippen LogP contribution in [0, 0.1) is 17.2 Å². The Bertz CT molecular complexity index is 467. The highest BCUT2D eigenvalue weighted by atomic mass is 16.4. The molecule has 1 aromatic rings. The topological polar surface area (TPSA) is 103 Å². The predicted molar refractivity (Wildman–Crippen MR) is 62.5 cm³/mol. The van der Waals surface area contributed by atoms with Crippen molar-refractivity contribution >= 4 is 11.9 Å². The van der Waals surface area contributed by atoms with E-state index < -0.39 is 23.8 Å². The Hall–Kier alpha value is -2.42. The molecule has 0 saturated heterocycles. The number of hydrogen-bond acceptors (Lipinski definition) is 4. The highest BCUT2D eigenvalue weighted by Gasteiger charge is 2.26. The molecule has 0 aliphatic carbocycles. The summed E-state index contributed by atoms with van der Waals surface area (Å²) in [6.07, 6.45) is 2.96. The second-order valence-corrected chi connectivity index (χ2v) is 3.86. The lowest BCUT2D eigenvalue weighted by Gasteiger charge is -2.19. The monoisotopic (exact) mass is 247 g/mol. The largest absolute Gasteiger partial charge is 0.480 e. The highest BCUT2D eigenvalue weighted by molar-refractivity contribution is 5.96. The van der Waals surface area contributed by atoms with Crippen molar-refractivity contribution in [1.29, 1.82) is 5.26 Å². The number of aliphatic carboxylic acids is 1. The summed E-state index contributed by atoms with van der Waals surface area (Å²) in [5.41, 5.74) is 0.334. The second kappa shape index (κ2) is 6.35. The van der Waals surface area contributed by atoms with E-state index in [0.717, 1.165) is 0 Å². The Morgan fingerprint density at radius 2 is 2.11 bits per heavy atom. The van der Waals surface area contributed by atoms with E-state index in [4.69, 9.17) is 10.4 Å². The van der Waals surface area contributed by atoms with Gasteiger partial charge in [0.2, 0.25) is 0 Å². The van der Waals surface area contributed by atoms with Crippen molar-refractivity contribution < 1.29 is 14.7 Å². The highest BCUT2D eigenvalue weighted by Crippen LogP contribution is 2.09. The number of nitrogens with zero attached hydrogens (tertiary/aromatic N) is 2. The normalized spacial score (nSPS) is 13.1. The predicted octanol–water partition coefficient (Wildman–Crippen LogP) is 0.814. The third-order valence-electron chi connectivity index (χ3n) is 2.48. The zero-order valence-electron chi connectivity index (χ0n) is 9.83. The number of carboxylic acid groups (broad SMARTS) is 1. The van der Waals surface area contributed by atoms with Crippen LogP contribution < -0.4 is 5.32 Å². The van der Waals surface area contributed by atoms with Gasteiger partial charge in [-0.2, -0.15) is 5.26 Å². The van der Waals surface area contributed by atoms with E-state index in [2.05, 4.69) is 10.3 Å². The first-order chi connectivity index (χ1) is 8.56. The number of carboxylic acids is 1. The number of pyridine rings is 1. The number of carbonyl (C=O) groups is 2. The number of nitrogens with one attached hydrogen (secondary N) is 1. The zero-order valence-corrected chi connectivity index (χ0v) is 9.83. The molecular formula is C12H13N3O3. The lowest BCUT2D eigenvalue weighted by molar-refractivity contribution is -0.140. The molecule has 0 fully saturated rings. The fraction of sp³-hybridized carbons (Fsp3) is 0.333. The molecular weight excluding hydrogens is 234 g/mol. The fourth-order valence-corrected chi connectivity index (χ4v) is 1.44. The molecule has 0 bridgehead atoms. The average Bonchev–Trinajstić information content (AvgIpc) is 2.36. The van der Waals surface area contributed by atoms with Crippen molar-refractivity contribution in [2.45, 2.75) is 19.4 Å². The summed E-state index contributed by atoms with van der Waals surface area (Å²) in [5.74, 6) is -2.10. The Morgan fingerprint density at radius 1 is 1.50 bits per heavy atom. The maximum atomic E-state index is 11.8. The van der Waals surface area contributed by atoms with Gasteiger partial charge in [-0.1, -0.05) is 6.92 Å². The maximum Gasteiger partial charge on any atom is 0.326 e. The van der Waals surface area contributed by atoms with Crippen molar-refractivity contribution in [1.82, 2.24) is 10.3 Å². The summed E-state index contributed by atoms with van der Waals surface area (Å²) in [6, 6.07) is 3.79. The molecule has 2 atom stereocenters. The van der Waals surface area contributed by atoms with Crippen molar-refractivity contribution in [2.75, 3.05) is 0 Å². The van der Waals surface area contributed by atoms with Gasteiger partial charge >= 0.3 is 5.97 Å². The van der Waals surface area contributed by atoms with E-state index in [0.29, 0.717) is 5.56 Å². The van der Waals surface area contributed by atoms with Crippen LogP contribution in [0.5, 0.6) is 0 Å². The number of rotatable bonds is 5. The van der Waals surface area contributed by atoms with Gasteiger partial charge in [-0.05, 0) is 12.1 Å². The van der Waals surface area contributed by atoms with Crippen molar-refractivity contribution in [3.8, 4) is 6.07 Å². The summed E-state index contributed by atoms with van der Waals surface area (Å²) in [4.78, 5) is 26.6. The van der Waals surface area contributed by atoms with Gasteiger partial charge in [-0.3, -0.25) is 9.78 Å². The maximum absolute atomic E-state index is 11.8. The van der Waals surface area contributed by atoms with Crippen LogP contribution in [0.15, 0.2) is 24.5 Å². The van der Waals surface area contributed by atoms with Gasteiger partial charge in [0.15, 0.2) is 0 Å². The summed E-state index contributed by atoms with van der Waals surface area (Å²) in [5, 5.41) is 20.0. The molecule has 0 unspecified atom stereocenters. The first-order valence-corrected chi connectivity index (χ1v) is 5.37. The number of amides is 1. The molecule has 0 aliphatic rings. The molecule has 1 aromatic heterocycles. The molecule has 2 N–H and O–H groups in total. The van der Waals surface area contributed by atoms with Crippen LogP contribution in [-0.4, -0.2) is 28.0 Å². The lowest BCUT2D eigenvalue weighted by Crippen LogP contribution is -2.45. The van der Waals surface area contributed by atoms with E-state index in [1.165, 1.54) is 24.5 Å². The Labute approximate surface area is 104 Å². The summed E-state index contributed by atoms with van der Waals surface area (Å²) in [7, 11) is 0. The Kier molecular flexibility index (Phi) is 4.81. The number of nitriles is 1. The minimum atomic E-state index is -1.15. The molecule has 0 spiro atoms. The van der Waals surface area contributed by atoms with Crippen LogP contribution in [0.25, 0.3) is 0 Å². The molecule has 94 valence electrons. The van der Waals surface area contributed by atoms with Crippen molar-refractivity contribution in [2.24, 2.45) is 5.92 Å². The Balaban J connectivity index is 2.77. The van der Waals surface area contributed by atoms with E-state index in [1.807, 2.05) is 6.07 Å². The van der Waals surface area contributed by atoms with E-state index in [1.54, 1.807) is 6.92 Å². The molecule has 0 saturated carbocycles. The van der Waals surface area contributed by atoms with Crippen molar-refractivity contribution in [3.05, 3.63) is 30.1 Å². The molecule has 0 aromatic carbocycles. The smallest absolute Gasteiger partial charge is 0.326 e. The minimum Gasteiger partial charge on any atom is -0.480 e. The fourth-order valence-electron chi connectivity index (χ4n) is 1.44. The first kappa shape index (κ1) is 13.6. The summed E-state index contributed by atoms with van der Waals surface area (Å²) >= 11 is 0.